The molecular weight excluding hydrogens is 378 g/mol. The standard InChI is InChI=1S/C23H33N5O2/c29-23(24-13-21-7-4-10-30-21)22-16-27-9-8-18(22)12-20(27)15-28-14-19(25-26-28)11-17-5-2-1-3-6-17/h4,7,10,14,17-18,20,22H,1-3,5-6,8-9,11-13,15-16H2,(H,24,29)/p+1/t18-,20+,22-/m0/s1. The Kier molecular flexibility index (Phi) is 5.88. The number of nitrogens with zero attached hydrogens (tertiary/aromatic N) is 3. The van der Waals surface area contributed by atoms with Crippen molar-refractivity contribution in [3.63, 3.8) is 0 Å². The lowest BCUT2D eigenvalue weighted by atomic mass is 9.75. The van der Waals surface area contributed by atoms with Crippen LogP contribution in [0.2, 0.25) is 0 Å². The molecule has 7 nitrogen and oxygen atoms in total. The molecule has 7 heteroatoms. The van der Waals surface area contributed by atoms with E-state index in [4.69, 9.17) is 4.42 Å². The molecule has 6 rings (SSSR count). The molecule has 5 heterocycles. The molecule has 2 aromatic heterocycles. The molecule has 2 aromatic rings. The maximum absolute atomic E-state index is 12.7. The zero-order valence-electron chi connectivity index (χ0n) is 17.8. The van der Waals surface area contributed by atoms with Gasteiger partial charge in [0.05, 0.1) is 44.1 Å². The molecule has 162 valence electrons. The predicted molar refractivity (Wildman–Crippen MR) is 112 cm³/mol. The molecule has 1 aliphatic carbocycles. The number of piperidine rings is 3. The summed E-state index contributed by atoms with van der Waals surface area (Å²) in [6, 6.07) is 4.30. The van der Waals surface area contributed by atoms with E-state index in [2.05, 4.69) is 26.5 Å². The highest BCUT2D eigenvalue weighted by Crippen LogP contribution is 2.28. The van der Waals surface area contributed by atoms with E-state index in [9.17, 15) is 4.79 Å². The Balaban J connectivity index is 1.13. The Morgan fingerprint density at radius 1 is 1.27 bits per heavy atom. The normalized spacial score (nSPS) is 29.2. The van der Waals surface area contributed by atoms with Crippen molar-refractivity contribution in [3.05, 3.63) is 36.0 Å². The number of rotatable bonds is 7. The number of quaternary nitrogens is 1. The zero-order valence-corrected chi connectivity index (χ0v) is 17.8. The lowest BCUT2D eigenvalue weighted by molar-refractivity contribution is -0.945. The van der Waals surface area contributed by atoms with Gasteiger partial charge in [-0.3, -0.25) is 4.79 Å². The van der Waals surface area contributed by atoms with Crippen LogP contribution in [0.4, 0.5) is 0 Å². The third-order valence-corrected chi connectivity index (χ3v) is 7.62. The number of carbonyl (C=O) groups excluding carboxylic acids is 1. The Labute approximate surface area is 178 Å². The van der Waals surface area contributed by atoms with Crippen LogP contribution in [0, 0.1) is 17.8 Å². The van der Waals surface area contributed by atoms with E-state index < -0.39 is 0 Å². The summed E-state index contributed by atoms with van der Waals surface area (Å²) >= 11 is 0. The van der Waals surface area contributed by atoms with E-state index in [1.54, 1.807) is 11.2 Å². The van der Waals surface area contributed by atoms with Crippen molar-refractivity contribution in [1.29, 1.82) is 0 Å². The number of hydrogen-bond acceptors (Lipinski definition) is 4. The topological polar surface area (TPSA) is 77.4 Å². The Bertz CT molecular complexity index is 827. The van der Waals surface area contributed by atoms with E-state index >= 15 is 0 Å². The summed E-state index contributed by atoms with van der Waals surface area (Å²) < 4.78 is 7.39. The summed E-state index contributed by atoms with van der Waals surface area (Å²) in [6.07, 6.45) is 14.0. The molecular formula is C23H34N5O2+. The van der Waals surface area contributed by atoms with Gasteiger partial charge in [-0.1, -0.05) is 37.3 Å². The third kappa shape index (κ3) is 4.46. The van der Waals surface area contributed by atoms with Crippen molar-refractivity contribution in [2.75, 3.05) is 13.1 Å². The van der Waals surface area contributed by atoms with Crippen LogP contribution in [0.1, 0.15) is 56.4 Å². The van der Waals surface area contributed by atoms with Crippen molar-refractivity contribution in [3.8, 4) is 0 Å². The van der Waals surface area contributed by atoms with Gasteiger partial charge in [0.2, 0.25) is 5.91 Å². The van der Waals surface area contributed by atoms with Crippen LogP contribution in [0.25, 0.3) is 0 Å². The van der Waals surface area contributed by atoms with Crippen LogP contribution >= 0.6 is 0 Å². The van der Waals surface area contributed by atoms with Gasteiger partial charge in [0.15, 0.2) is 0 Å². The molecule has 2 N–H and O–H groups in total. The fourth-order valence-electron chi connectivity index (χ4n) is 5.97. The van der Waals surface area contributed by atoms with E-state index in [0.29, 0.717) is 18.5 Å². The lowest BCUT2D eigenvalue weighted by Gasteiger charge is -2.46. The second-order valence-electron chi connectivity index (χ2n) is 9.64. The fraction of sp³-hybridized carbons (Fsp3) is 0.696. The first kappa shape index (κ1) is 19.8. The highest BCUT2D eigenvalue weighted by molar-refractivity contribution is 5.79. The Morgan fingerprint density at radius 2 is 2.17 bits per heavy atom. The summed E-state index contributed by atoms with van der Waals surface area (Å²) in [5.41, 5.74) is 1.16. The molecule has 1 amide bonds. The number of furan rings is 1. The van der Waals surface area contributed by atoms with Gasteiger partial charge in [-0.05, 0) is 30.4 Å². The van der Waals surface area contributed by atoms with Crippen LogP contribution in [-0.4, -0.2) is 40.0 Å². The zero-order chi connectivity index (χ0) is 20.3. The number of carbonyl (C=O) groups is 1. The van der Waals surface area contributed by atoms with Crippen molar-refractivity contribution in [1.82, 2.24) is 20.3 Å². The van der Waals surface area contributed by atoms with Gasteiger partial charge in [-0.25, -0.2) is 4.68 Å². The minimum atomic E-state index is 0.123. The molecule has 4 aliphatic rings. The molecule has 0 spiro atoms. The van der Waals surface area contributed by atoms with Crippen LogP contribution < -0.4 is 10.2 Å². The molecule has 4 fully saturated rings. The van der Waals surface area contributed by atoms with E-state index in [1.165, 1.54) is 38.6 Å². The molecule has 30 heavy (non-hydrogen) atoms. The third-order valence-electron chi connectivity index (χ3n) is 7.62. The predicted octanol–water partition coefficient (Wildman–Crippen LogP) is 1.60. The Morgan fingerprint density at radius 3 is 2.93 bits per heavy atom. The van der Waals surface area contributed by atoms with Gasteiger partial charge in [0, 0.05) is 19.0 Å². The second-order valence-corrected chi connectivity index (χ2v) is 9.64. The summed E-state index contributed by atoms with van der Waals surface area (Å²) in [7, 11) is 0. The van der Waals surface area contributed by atoms with Gasteiger partial charge >= 0.3 is 0 Å². The monoisotopic (exact) mass is 412 g/mol. The SMILES string of the molecule is O=C(NCc1ccco1)[C@H]1C[NH+]2CC[C@H]1C[C@@H]2Cn1cc(CC2CCCCC2)nn1. The average Bonchev–Trinajstić information content (AvgIpc) is 3.45. The van der Waals surface area contributed by atoms with Crippen molar-refractivity contribution < 1.29 is 14.1 Å². The number of fused-ring (bicyclic) bond motifs is 3. The van der Waals surface area contributed by atoms with E-state index in [0.717, 1.165) is 49.7 Å². The molecule has 3 aliphatic heterocycles. The highest BCUT2D eigenvalue weighted by atomic mass is 16.3. The molecule has 0 radical (unpaired) electrons. The smallest absolute Gasteiger partial charge is 0.229 e. The van der Waals surface area contributed by atoms with Gasteiger partial charge in [0.25, 0.3) is 0 Å². The summed E-state index contributed by atoms with van der Waals surface area (Å²) in [6.45, 7) is 3.50. The molecule has 4 atom stereocenters. The van der Waals surface area contributed by atoms with Gasteiger partial charge in [-0.15, -0.1) is 5.10 Å². The van der Waals surface area contributed by atoms with Crippen LogP contribution in [0.15, 0.2) is 29.0 Å². The van der Waals surface area contributed by atoms with Crippen LogP contribution in [-0.2, 0) is 24.3 Å². The van der Waals surface area contributed by atoms with E-state index in [1.807, 2.05) is 12.1 Å². The van der Waals surface area contributed by atoms with Crippen molar-refractivity contribution in [2.45, 2.75) is 70.5 Å². The van der Waals surface area contributed by atoms with Gasteiger partial charge in [0.1, 0.15) is 11.8 Å². The molecule has 3 saturated heterocycles. The summed E-state index contributed by atoms with van der Waals surface area (Å²) in [5, 5.41) is 12.0. The highest BCUT2D eigenvalue weighted by Gasteiger charge is 2.46. The maximum atomic E-state index is 12.7. The Hall–Kier alpha value is -2.15. The summed E-state index contributed by atoms with van der Waals surface area (Å²) in [4.78, 5) is 14.3. The molecule has 1 saturated carbocycles. The first-order valence-electron chi connectivity index (χ1n) is 11.8. The quantitative estimate of drug-likeness (QED) is 0.724. The number of amides is 1. The average molecular weight is 413 g/mol. The summed E-state index contributed by atoms with van der Waals surface area (Å²) in [5.74, 6) is 2.39. The fourth-order valence-corrected chi connectivity index (χ4v) is 5.97. The van der Waals surface area contributed by atoms with E-state index in [-0.39, 0.29) is 11.8 Å². The minimum absolute atomic E-state index is 0.123. The largest absolute Gasteiger partial charge is 0.467 e. The molecule has 0 aromatic carbocycles. The second kappa shape index (κ2) is 8.92. The van der Waals surface area contributed by atoms with Gasteiger partial charge < -0.3 is 14.6 Å². The van der Waals surface area contributed by atoms with Crippen molar-refractivity contribution >= 4 is 5.91 Å². The first-order chi connectivity index (χ1) is 14.7. The van der Waals surface area contributed by atoms with Crippen LogP contribution in [0.5, 0.6) is 0 Å². The lowest BCUT2D eigenvalue weighted by Crippen LogP contribution is -3.20. The van der Waals surface area contributed by atoms with Crippen LogP contribution in [0.3, 0.4) is 0 Å². The first-order valence-corrected chi connectivity index (χ1v) is 11.8. The van der Waals surface area contributed by atoms with Gasteiger partial charge in [-0.2, -0.15) is 0 Å². The maximum Gasteiger partial charge on any atom is 0.229 e. The minimum Gasteiger partial charge on any atom is -0.467 e. The molecule has 2 bridgehead atoms. The van der Waals surface area contributed by atoms with Crippen molar-refractivity contribution in [2.24, 2.45) is 17.8 Å². The number of aromatic nitrogens is 3. The molecule has 1 unspecified atom stereocenters. The number of nitrogens with one attached hydrogen (secondary N) is 2. The number of hydrogen-bond donors (Lipinski definition) is 2.